The van der Waals surface area contributed by atoms with Crippen LogP contribution in [0.4, 0.5) is 0 Å². The van der Waals surface area contributed by atoms with Crippen LogP contribution in [-0.4, -0.2) is 20.6 Å². The van der Waals surface area contributed by atoms with Gasteiger partial charge in [-0.05, 0) is 33.0 Å². The van der Waals surface area contributed by atoms with Crippen molar-refractivity contribution in [2.75, 3.05) is 0 Å². The zero-order valence-corrected chi connectivity index (χ0v) is 13.8. The van der Waals surface area contributed by atoms with Crippen LogP contribution in [0, 0.1) is 5.41 Å². The van der Waals surface area contributed by atoms with Gasteiger partial charge in [0, 0.05) is 48.4 Å². The Labute approximate surface area is 128 Å². The molecule has 2 heterocycles. The third-order valence-electron chi connectivity index (χ3n) is 3.31. The molecule has 0 saturated carbocycles. The third kappa shape index (κ3) is 4.42. The molecule has 4 nitrogen and oxygen atoms in total. The van der Waals surface area contributed by atoms with Crippen LogP contribution in [0.2, 0.25) is 0 Å². The second-order valence-corrected chi connectivity index (χ2v) is 6.99. The highest BCUT2D eigenvalue weighted by Gasteiger charge is 2.24. The first-order valence-corrected chi connectivity index (χ1v) is 7.53. The van der Waals surface area contributed by atoms with Crippen LogP contribution in [0.1, 0.15) is 26.3 Å². The average Bonchev–Trinajstić information content (AvgIpc) is 2.86. The minimum absolute atomic E-state index is 0.170. The molecular weight excluding hydrogens is 316 g/mol. The average molecular weight is 337 g/mol. The molecule has 0 saturated heterocycles. The summed E-state index contributed by atoms with van der Waals surface area (Å²) in [6, 6.07) is 2.45. The van der Waals surface area contributed by atoms with Gasteiger partial charge in [-0.2, -0.15) is 0 Å². The summed E-state index contributed by atoms with van der Waals surface area (Å²) in [5, 5.41) is 3.63. The number of nitrogens with zero attached hydrogens (tertiary/aromatic N) is 3. The molecule has 0 aliphatic heterocycles. The summed E-state index contributed by atoms with van der Waals surface area (Å²) >= 11 is 3.45. The smallest absolute Gasteiger partial charge is 0.0946 e. The zero-order chi connectivity index (χ0) is 14.6. The van der Waals surface area contributed by atoms with Crippen LogP contribution in [0.25, 0.3) is 0 Å². The van der Waals surface area contributed by atoms with Crippen LogP contribution in [0.5, 0.6) is 0 Å². The Morgan fingerprint density at radius 1 is 1.30 bits per heavy atom. The number of nitrogens with one attached hydrogen (secondary N) is 1. The summed E-state index contributed by atoms with van der Waals surface area (Å²) in [7, 11) is 0. The molecule has 2 aromatic rings. The molecule has 1 unspecified atom stereocenters. The molecule has 0 aliphatic rings. The molecule has 108 valence electrons. The van der Waals surface area contributed by atoms with Gasteiger partial charge in [0.05, 0.1) is 6.33 Å². The number of rotatable bonds is 5. The van der Waals surface area contributed by atoms with Crippen LogP contribution in [-0.2, 0) is 13.1 Å². The molecule has 5 heteroatoms. The van der Waals surface area contributed by atoms with Crippen molar-refractivity contribution >= 4 is 15.9 Å². The van der Waals surface area contributed by atoms with E-state index in [0.29, 0.717) is 6.04 Å². The normalized spacial score (nSPS) is 13.4. The minimum Gasteiger partial charge on any atom is -0.336 e. The van der Waals surface area contributed by atoms with Crippen LogP contribution >= 0.6 is 15.9 Å². The summed E-state index contributed by atoms with van der Waals surface area (Å²) < 4.78 is 3.13. The molecule has 0 radical (unpaired) electrons. The Balaban J connectivity index is 2.01. The van der Waals surface area contributed by atoms with E-state index in [1.54, 1.807) is 6.20 Å². The Morgan fingerprint density at radius 3 is 2.70 bits per heavy atom. The summed E-state index contributed by atoms with van der Waals surface area (Å²) in [4.78, 5) is 8.30. The predicted molar refractivity (Wildman–Crippen MR) is 84.2 cm³/mol. The van der Waals surface area contributed by atoms with Crippen molar-refractivity contribution in [1.29, 1.82) is 0 Å². The van der Waals surface area contributed by atoms with Crippen molar-refractivity contribution in [3.63, 3.8) is 0 Å². The molecule has 0 bridgehead atoms. The van der Waals surface area contributed by atoms with E-state index in [4.69, 9.17) is 0 Å². The summed E-state index contributed by atoms with van der Waals surface area (Å²) in [6.45, 7) is 8.47. The van der Waals surface area contributed by atoms with Gasteiger partial charge in [-0.3, -0.25) is 4.98 Å². The highest BCUT2D eigenvalue weighted by atomic mass is 79.9. The van der Waals surface area contributed by atoms with Gasteiger partial charge in [-0.15, -0.1) is 0 Å². The fourth-order valence-corrected chi connectivity index (χ4v) is 2.46. The maximum atomic E-state index is 4.20. The van der Waals surface area contributed by atoms with Crippen molar-refractivity contribution < 1.29 is 0 Å². The third-order valence-corrected chi connectivity index (χ3v) is 3.75. The number of pyridine rings is 1. The fraction of sp³-hybridized carbons (Fsp3) is 0.467. The van der Waals surface area contributed by atoms with E-state index in [1.165, 1.54) is 5.56 Å². The summed E-state index contributed by atoms with van der Waals surface area (Å²) in [6.07, 6.45) is 9.38. The van der Waals surface area contributed by atoms with E-state index in [-0.39, 0.29) is 5.41 Å². The van der Waals surface area contributed by atoms with E-state index in [2.05, 4.69) is 62.6 Å². The number of aromatic nitrogens is 3. The lowest BCUT2D eigenvalue weighted by molar-refractivity contribution is 0.240. The lowest BCUT2D eigenvalue weighted by atomic mass is 9.86. The fourth-order valence-electron chi connectivity index (χ4n) is 2.04. The molecular formula is C15H21BrN4. The zero-order valence-electron chi connectivity index (χ0n) is 12.2. The van der Waals surface area contributed by atoms with Crippen LogP contribution in [0.3, 0.4) is 0 Å². The number of halogens is 1. The van der Waals surface area contributed by atoms with Gasteiger partial charge in [-0.25, -0.2) is 4.98 Å². The standard InChI is InChI=1S/C15H21BrN4/c1-15(2,3)14(10-20-5-4-17-11-20)19-8-12-6-13(16)9-18-7-12/h4-7,9,11,14,19H,8,10H2,1-3H3. The highest BCUT2D eigenvalue weighted by Crippen LogP contribution is 2.21. The molecule has 2 aromatic heterocycles. The first-order chi connectivity index (χ1) is 9.45. The van der Waals surface area contributed by atoms with Crippen molar-refractivity contribution in [1.82, 2.24) is 19.9 Å². The van der Waals surface area contributed by atoms with Crippen molar-refractivity contribution in [2.24, 2.45) is 5.41 Å². The number of hydrogen-bond acceptors (Lipinski definition) is 3. The molecule has 20 heavy (non-hydrogen) atoms. The number of hydrogen-bond donors (Lipinski definition) is 1. The topological polar surface area (TPSA) is 42.7 Å². The molecule has 0 spiro atoms. The largest absolute Gasteiger partial charge is 0.336 e. The molecule has 0 fully saturated rings. The van der Waals surface area contributed by atoms with E-state index in [0.717, 1.165) is 17.6 Å². The van der Waals surface area contributed by atoms with Gasteiger partial charge in [0.15, 0.2) is 0 Å². The minimum atomic E-state index is 0.170. The van der Waals surface area contributed by atoms with E-state index >= 15 is 0 Å². The lowest BCUT2D eigenvalue weighted by Gasteiger charge is -2.32. The van der Waals surface area contributed by atoms with Gasteiger partial charge in [-0.1, -0.05) is 20.8 Å². The predicted octanol–water partition coefficient (Wildman–Crippen LogP) is 3.25. The second kappa shape index (κ2) is 6.50. The van der Waals surface area contributed by atoms with Crippen molar-refractivity contribution in [3.8, 4) is 0 Å². The highest BCUT2D eigenvalue weighted by molar-refractivity contribution is 9.10. The van der Waals surface area contributed by atoms with Gasteiger partial charge < -0.3 is 9.88 Å². The van der Waals surface area contributed by atoms with Gasteiger partial charge in [0.1, 0.15) is 0 Å². The Kier molecular flexibility index (Phi) is 4.94. The quantitative estimate of drug-likeness (QED) is 0.911. The lowest BCUT2D eigenvalue weighted by Crippen LogP contribution is -2.43. The SMILES string of the molecule is CC(C)(C)C(Cn1ccnc1)NCc1cncc(Br)c1. The molecule has 0 aromatic carbocycles. The Bertz CT molecular complexity index is 531. The summed E-state index contributed by atoms with van der Waals surface area (Å²) in [5.74, 6) is 0. The van der Waals surface area contributed by atoms with E-state index in [9.17, 15) is 0 Å². The Morgan fingerprint density at radius 2 is 2.10 bits per heavy atom. The second-order valence-electron chi connectivity index (χ2n) is 6.07. The van der Waals surface area contributed by atoms with E-state index in [1.807, 2.05) is 24.9 Å². The Hall–Kier alpha value is -1.20. The molecule has 1 N–H and O–H groups in total. The van der Waals surface area contributed by atoms with Crippen molar-refractivity contribution in [2.45, 2.75) is 39.9 Å². The van der Waals surface area contributed by atoms with Crippen molar-refractivity contribution in [3.05, 3.63) is 47.2 Å². The molecule has 2 rings (SSSR count). The van der Waals surface area contributed by atoms with Gasteiger partial charge in [0.25, 0.3) is 0 Å². The first kappa shape index (κ1) is 15.2. The number of imidazole rings is 1. The maximum absolute atomic E-state index is 4.20. The van der Waals surface area contributed by atoms with Gasteiger partial charge >= 0.3 is 0 Å². The van der Waals surface area contributed by atoms with E-state index < -0.39 is 0 Å². The summed E-state index contributed by atoms with van der Waals surface area (Å²) in [5.41, 5.74) is 1.35. The van der Waals surface area contributed by atoms with Crippen LogP contribution in [0.15, 0.2) is 41.7 Å². The van der Waals surface area contributed by atoms with Crippen LogP contribution < -0.4 is 5.32 Å². The first-order valence-electron chi connectivity index (χ1n) is 6.74. The molecule has 0 aliphatic carbocycles. The maximum Gasteiger partial charge on any atom is 0.0946 e. The van der Waals surface area contributed by atoms with Gasteiger partial charge in [0.2, 0.25) is 0 Å². The molecule has 0 amide bonds. The monoisotopic (exact) mass is 336 g/mol. The molecule has 1 atom stereocenters.